The molecule has 3 nitrogen and oxygen atoms in total. The summed E-state index contributed by atoms with van der Waals surface area (Å²) in [6.45, 7) is 0. The molecule has 0 bridgehead atoms. The molecule has 1 amide bonds. The van der Waals surface area contributed by atoms with Gasteiger partial charge < -0.3 is 11.1 Å². The van der Waals surface area contributed by atoms with E-state index < -0.39 is 0 Å². The molecule has 1 saturated carbocycles. The lowest BCUT2D eigenvalue weighted by atomic mass is 10.2. The van der Waals surface area contributed by atoms with Crippen LogP contribution >= 0.6 is 11.6 Å². The maximum atomic E-state index is 11.1. The number of alkyl halides is 1. The summed E-state index contributed by atoms with van der Waals surface area (Å²) in [4.78, 5) is 11.1. The monoisotopic (exact) mass is 190 g/mol. The minimum absolute atomic E-state index is 0.0207. The van der Waals surface area contributed by atoms with Crippen LogP contribution in [0, 0.1) is 0 Å². The lowest BCUT2D eigenvalue weighted by Crippen LogP contribution is -2.44. The van der Waals surface area contributed by atoms with Gasteiger partial charge >= 0.3 is 0 Å². The normalized spacial score (nSPS) is 28.8. The predicted molar refractivity (Wildman–Crippen MR) is 49.1 cm³/mol. The highest BCUT2D eigenvalue weighted by atomic mass is 35.5. The summed E-state index contributed by atoms with van der Waals surface area (Å²) in [5.74, 6) is 0.403. The molecule has 0 aromatic heterocycles. The molecular formula is C8H15ClN2O. The highest BCUT2D eigenvalue weighted by molar-refractivity contribution is 6.18. The fourth-order valence-corrected chi connectivity index (χ4v) is 1.70. The fourth-order valence-electron chi connectivity index (χ4n) is 1.53. The van der Waals surface area contributed by atoms with Gasteiger partial charge in [0, 0.05) is 24.4 Å². The van der Waals surface area contributed by atoms with E-state index in [2.05, 4.69) is 5.32 Å². The molecule has 0 aromatic rings. The number of nitrogens with one attached hydrogen (secondary N) is 1. The summed E-state index contributed by atoms with van der Waals surface area (Å²) in [7, 11) is 0. The Morgan fingerprint density at radius 2 is 2.33 bits per heavy atom. The smallest absolute Gasteiger partial charge is 0.221 e. The first kappa shape index (κ1) is 9.81. The Hall–Kier alpha value is -0.280. The van der Waals surface area contributed by atoms with Crippen molar-refractivity contribution in [2.45, 2.75) is 37.8 Å². The van der Waals surface area contributed by atoms with Gasteiger partial charge in [-0.1, -0.05) is 0 Å². The van der Waals surface area contributed by atoms with Gasteiger partial charge in [0.1, 0.15) is 0 Å². The van der Waals surface area contributed by atoms with Gasteiger partial charge in [-0.2, -0.15) is 0 Å². The summed E-state index contributed by atoms with van der Waals surface area (Å²) in [5.41, 5.74) is 5.78. The minimum atomic E-state index is 0.0207. The Bertz CT molecular complexity index is 163. The molecule has 0 heterocycles. The molecule has 1 aliphatic carbocycles. The van der Waals surface area contributed by atoms with Gasteiger partial charge in [0.2, 0.25) is 5.91 Å². The Kier molecular flexibility index (Phi) is 3.82. The van der Waals surface area contributed by atoms with Crippen LogP contribution in [0.2, 0.25) is 0 Å². The lowest BCUT2D eigenvalue weighted by Gasteiger charge is -2.16. The van der Waals surface area contributed by atoms with Crippen molar-refractivity contribution in [2.75, 3.05) is 5.88 Å². The van der Waals surface area contributed by atoms with Crippen molar-refractivity contribution in [2.24, 2.45) is 5.73 Å². The number of carbonyl (C=O) groups excluding carboxylic acids is 1. The fraction of sp³-hybridized carbons (Fsp3) is 0.875. The van der Waals surface area contributed by atoms with E-state index in [0.717, 1.165) is 19.3 Å². The Balaban J connectivity index is 2.25. The van der Waals surface area contributed by atoms with E-state index in [1.165, 1.54) is 0 Å². The molecule has 1 fully saturated rings. The van der Waals surface area contributed by atoms with Crippen LogP contribution in [-0.2, 0) is 4.79 Å². The molecule has 4 heteroatoms. The lowest BCUT2D eigenvalue weighted by molar-refractivity contribution is -0.121. The van der Waals surface area contributed by atoms with E-state index >= 15 is 0 Å². The van der Waals surface area contributed by atoms with Crippen LogP contribution in [0.15, 0.2) is 0 Å². The molecule has 0 spiro atoms. The number of nitrogens with two attached hydrogens (primary N) is 1. The second kappa shape index (κ2) is 4.67. The van der Waals surface area contributed by atoms with E-state index in [0.29, 0.717) is 12.3 Å². The molecular weight excluding hydrogens is 176 g/mol. The number of halogens is 1. The Morgan fingerprint density at radius 3 is 2.83 bits per heavy atom. The average molecular weight is 191 g/mol. The van der Waals surface area contributed by atoms with Crippen molar-refractivity contribution in [3.63, 3.8) is 0 Å². The third kappa shape index (κ3) is 2.64. The van der Waals surface area contributed by atoms with E-state index in [9.17, 15) is 4.79 Å². The van der Waals surface area contributed by atoms with E-state index in [1.807, 2.05) is 0 Å². The van der Waals surface area contributed by atoms with Crippen LogP contribution in [0.25, 0.3) is 0 Å². The molecule has 12 heavy (non-hydrogen) atoms. The van der Waals surface area contributed by atoms with Gasteiger partial charge in [0.05, 0.1) is 0 Å². The maximum Gasteiger partial charge on any atom is 0.221 e. The molecule has 70 valence electrons. The van der Waals surface area contributed by atoms with Crippen LogP contribution < -0.4 is 11.1 Å². The second-order valence-corrected chi connectivity index (χ2v) is 3.59. The largest absolute Gasteiger partial charge is 0.352 e. The summed E-state index contributed by atoms with van der Waals surface area (Å²) in [5, 5.41) is 2.88. The second-order valence-electron chi connectivity index (χ2n) is 3.21. The standard InChI is InChI=1S/C8H15ClN2O/c9-5-4-8(12)11-7-3-1-2-6(7)10/h6-7H,1-5,10H2,(H,11,12)/t6-,7+/m1/s1. The quantitative estimate of drug-likeness (QED) is 0.641. The summed E-state index contributed by atoms with van der Waals surface area (Å²) < 4.78 is 0. The SMILES string of the molecule is N[C@@H]1CCC[C@@H]1NC(=O)CCCl. The molecule has 0 radical (unpaired) electrons. The molecule has 0 aliphatic heterocycles. The third-order valence-corrected chi connectivity index (χ3v) is 2.43. The van der Waals surface area contributed by atoms with Crippen molar-refractivity contribution in [1.82, 2.24) is 5.32 Å². The highest BCUT2D eigenvalue weighted by Crippen LogP contribution is 2.16. The van der Waals surface area contributed by atoms with Gasteiger partial charge in [-0.3, -0.25) is 4.79 Å². The molecule has 3 N–H and O–H groups in total. The van der Waals surface area contributed by atoms with Crippen molar-refractivity contribution >= 4 is 17.5 Å². The molecule has 0 unspecified atom stereocenters. The molecule has 1 rings (SSSR count). The van der Waals surface area contributed by atoms with Gasteiger partial charge in [-0.05, 0) is 19.3 Å². The number of amides is 1. The minimum Gasteiger partial charge on any atom is -0.352 e. The van der Waals surface area contributed by atoms with Crippen LogP contribution in [0.3, 0.4) is 0 Å². The maximum absolute atomic E-state index is 11.1. The van der Waals surface area contributed by atoms with Gasteiger partial charge in [-0.15, -0.1) is 11.6 Å². The van der Waals surface area contributed by atoms with Crippen LogP contribution in [-0.4, -0.2) is 23.9 Å². The first-order valence-corrected chi connectivity index (χ1v) is 4.88. The number of carbonyl (C=O) groups is 1. The van der Waals surface area contributed by atoms with Crippen molar-refractivity contribution in [3.05, 3.63) is 0 Å². The van der Waals surface area contributed by atoms with Gasteiger partial charge in [0.15, 0.2) is 0 Å². The van der Waals surface area contributed by atoms with Crippen LogP contribution in [0.4, 0.5) is 0 Å². The highest BCUT2D eigenvalue weighted by Gasteiger charge is 2.24. The van der Waals surface area contributed by atoms with Crippen molar-refractivity contribution in [3.8, 4) is 0 Å². The van der Waals surface area contributed by atoms with Crippen molar-refractivity contribution < 1.29 is 4.79 Å². The predicted octanol–water partition coefficient (Wildman–Crippen LogP) is 0.611. The zero-order valence-corrected chi connectivity index (χ0v) is 7.81. The van der Waals surface area contributed by atoms with Crippen LogP contribution in [0.5, 0.6) is 0 Å². The number of hydrogen-bond acceptors (Lipinski definition) is 2. The molecule has 1 aliphatic rings. The van der Waals surface area contributed by atoms with Crippen molar-refractivity contribution in [1.29, 1.82) is 0 Å². The first-order chi connectivity index (χ1) is 5.74. The summed E-state index contributed by atoms with van der Waals surface area (Å²) in [6.07, 6.45) is 3.54. The molecule has 0 aromatic carbocycles. The third-order valence-electron chi connectivity index (χ3n) is 2.24. The molecule has 0 saturated heterocycles. The topological polar surface area (TPSA) is 55.1 Å². The Morgan fingerprint density at radius 1 is 1.58 bits per heavy atom. The zero-order valence-electron chi connectivity index (χ0n) is 7.05. The molecule has 2 atom stereocenters. The van der Waals surface area contributed by atoms with Gasteiger partial charge in [-0.25, -0.2) is 0 Å². The number of hydrogen-bond donors (Lipinski definition) is 2. The number of rotatable bonds is 3. The van der Waals surface area contributed by atoms with E-state index in [4.69, 9.17) is 17.3 Å². The zero-order chi connectivity index (χ0) is 8.97. The first-order valence-electron chi connectivity index (χ1n) is 4.35. The summed E-state index contributed by atoms with van der Waals surface area (Å²) in [6, 6.07) is 0.324. The van der Waals surface area contributed by atoms with Crippen LogP contribution in [0.1, 0.15) is 25.7 Å². The van der Waals surface area contributed by atoms with Gasteiger partial charge in [0.25, 0.3) is 0 Å². The van der Waals surface area contributed by atoms with E-state index in [-0.39, 0.29) is 18.0 Å². The average Bonchev–Trinajstić information content (AvgIpc) is 2.37. The summed E-state index contributed by atoms with van der Waals surface area (Å²) >= 11 is 5.43. The van der Waals surface area contributed by atoms with E-state index in [1.54, 1.807) is 0 Å². The Labute approximate surface area is 77.6 Å².